The highest BCUT2D eigenvalue weighted by Gasteiger charge is 2.50. The first-order valence-electron chi connectivity index (χ1n) is 15.2. The fraction of sp³-hybridized carbons (Fsp3) is 0.179. The minimum absolute atomic E-state index is 0.00466. The van der Waals surface area contributed by atoms with E-state index in [1.54, 1.807) is 0 Å². The summed E-state index contributed by atoms with van der Waals surface area (Å²) >= 11 is 0. The van der Waals surface area contributed by atoms with E-state index in [0.717, 1.165) is 68.1 Å². The first-order chi connectivity index (χ1) is 20.8. The monoisotopic (exact) mass is 558 g/mol. The van der Waals surface area contributed by atoms with Crippen molar-refractivity contribution in [3.8, 4) is 45.3 Å². The summed E-state index contributed by atoms with van der Waals surface area (Å²) in [5.41, 5.74) is 11.3. The zero-order valence-electron chi connectivity index (χ0n) is 24.8. The van der Waals surface area contributed by atoms with Crippen LogP contribution in [0.1, 0.15) is 45.2 Å². The largest absolute Gasteiger partial charge is 0.466 e. The quantitative estimate of drug-likeness (QED) is 0.200. The zero-order chi connectivity index (χ0) is 29.1. The molecule has 9 rings (SSSR count). The summed E-state index contributed by atoms with van der Waals surface area (Å²) in [6.45, 7) is 9.37. The van der Waals surface area contributed by atoms with Gasteiger partial charge in [-0.2, -0.15) is 0 Å². The van der Waals surface area contributed by atoms with E-state index in [-0.39, 0.29) is 17.5 Å². The second-order valence-electron chi connectivity index (χ2n) is 13.6. The van der Waals surface area contributed by atoms with E-state index >= 15 is 0 Å². The van der Waals surface area contributed by atoms with E-state index in [1.165, 1.54) is 22.3 Å². The van der Waals surface area contributed by atoms with Crippen molar-refractivity contribution in [2.24, 2.45) is 0 Å². The van der Waals surface area contributed by atoms with Gasteiger partial charge in [-0.05, 0) is 63.2 Å². The Kier molecular flexibility index (Phi) is 4.88. The molecule has 3 heterocycles. The molecule has 4 heteroatoms. The van der Waals surface area contributed by atoms with Gasteiger partial charge in [-0.3, -0.25) is 0 Å². The first kappa shape index (κ1) is 24.9. The van der Waals surface area contributed by atoms with Crippen molar-refractivity contribution in [2.45, 2.75) is 44.9 Å². The van der Waals surface area contributed by atoms with Gasteiger partial charge >= 0.3 is 6.71 Å². The number of furan rings is 1. The number of hydrogen-bond acceptors (Lipinski definition) is 3. The van der Waals surface area contributed by atoms with Gasteiger partial charge in [0.2, 0.25) is 0 Å². The Balaban J connectivity index is 1.38. The molecule has 43 heavy (non-hydrogen) atoms. The molecule has 1 aliphatic carbocycles. The predicted octanol–water partition coefficient (Wildman–Crippen LogP) is 8.45. The van der Waals surface area contributed by atoms with Gasteiger partial charge in [-0.25, -0.2) is 0 Å². The molecule has 0 atom stereocenters. The van der Waals surface area contributed by atoms with Crippen molar-refractivity contribution in [1.82, 2.24) is 0 Å². The van der Waals surface area contributed by atoms with Gasteiger partial charge in [0.05, 0.1) is 5.39 Å². The standard InChI is InChI=1S/C39H31BO3/c1-38(2)22-39(3,4)32-27(38)21-28-36(31(32)24-15-9-6-10-16-24)42-30-20-12-19-29-33(30)40(28)37-35(41-29)26-18-11-17-25(34(26)43-37)23-13-7-5-8-14-23/h5-21H,22H2,1-4H3. The van der Waals surface area contributed by atoms with Crippen LogP contribution in [0.4, 0.5) is 0 Å². The maximum Gasteiger partial charge on any atom is 0.305 e. The van der Waals surface area contributed by atoms with Crippen molar-refractivity contribution in [1.29, 1.82) is 0 Å². The molecule has 208 valence electrons. The van der Waals surface area contributed by atoms with Crippen molar-refractivity contribution >= 4 is 34.3 Å². The second-order valence-corrected chi connectivity index (χ2v) is 13.6. The Morgan fingerprint density at radius 1 is 0.651 bits per heavy atom. The summed E-state index contributed by atoms with van der Waals surface area (Å²) in [4.78, 5) is 0. The van der Waals surface area contributed by atoms with Gasteiger partial charge < -0.3 is 13.9 Å². The lowest BCUT2D eigenvalue weighted by Gasteiger charge is -2.34. The van der Waals surface area contributed by atoms with Gasteiger partial charge in [0.25, 0.3) is 0 Å². The lowest BCUT2D eigenvalue weighted by atomic mass is 9.36. The molecule has 0 spiro atoms. The molecular formula is C39H31BO3. The van der Waals surface area contributed by atoms with Crippen molar-refractivity contribution < 1.29 is 13.9 Å². The van der Waals surface area contributed by atoms with Crippen LogP contribution in [0, 0.1) is 0 Å². The van der Waals surface area contributed by atoms with Crippen LogP contribution < -0.4 is 26.1 Å². The van der Waals surface area contributed by atoms with Crippen LogP contribution in [-0.4, -0.2) is 6.71 Å². The average Bonchev–Trinajstić information content (AvgIpc) is 3.47. The molecule has 3 aliphatic rings. The summed E-state index contributed by atoms with van der Waals surface area (Å²) in [5, 5.41) is 0.992. The Hall–Kier alpha value is -4.70. The van der Waals surface area contributed by atoms with Gasteiger partial charge in [-0.1, -0.05) is 113 Å². The van der Waals surface area contributed by atoms with Crippen molar-refractivity contribution in [3.63, 3.8) is 0 Å². The molecule has 0 saturated heterocycles. The van der Waals surface area contributed by atoms with Crippen molar-refractivity contribution in [2.75, 3.05) is 0 Å². The second kappa shape index (κ2) is 8.44. The lowest BCUT2D eigenvalue weighted by Crippen LogP contribution is -2.57. The number of ether oxygens (including phenoxy) is 2. The summed E-state index contributed by atoms with van der Waals surface area (Å²) in [6, 6.07) is 36.1. The number of fused-ring (bicyclic) bond motifs is 7. The smallest absolute Gasteiger partial charge is 0.305 e. The molecule has 0 amide bonds. The normalized spacial score (nSPS) is 16.5. The van der Waals surface area contributed by atoms with E-state index < -0.39 is 0 Å². The van der Waals surface area contributed by atoms with E-state index in [4.69, 9.17) is 13.9 Å². The first-order valence-corrected chi connectivity index (χ1v) is 15.2. The van der Waals surface area contributed by atoms with Crippen LogP contribution in [0.5, 0.6) is 23.0 Å². The predicted molar refractivity (Wildman–Crippen MR) is 175 cm³/mol. The molecule has 0 radical (unpaired) electrons. The van der Waals surface area contributed by atoms with Gasteiger partial charge in [0, 0.05) is 16.6 Å². The van der Waals surface area contributed by atoms with Crippen LogP contribution >= 0.6 is 0 Å². The minimum atomic E-state index is -0.151. The maximum atomic E-state index is 6.96. The van der Waals surface area contributed by atoms with Crippen molar-refractivity contribution in [3.05, 3.63) is 114 Å². The zero-order valence-corrected chi connectivity index (χ0v) is 24.8. The average molecular weight is 558 g/mol. The Morgan fingerprint density at radius 3 is 2.02 bits per heavy atom. The summed E-state index contributed by atoms with van der Waals surface area (Å²) in [5.74, 6) is 3.39. The SMILES string of the molecule is CC1(C)CC(C)(C)c2c1cc1c(c2-c2ccccc2)Oc2cccc3c2B1c1oc2c(-c4ccccc4)cccc2c1O3. The highest BCUT2D eigenvalue weighted by molar-refractivity contribution is 6.97. The highest BCUT2D eigenvalue weighted by Crippen LogP contribution is 2.55. The molecule has 2 aliphatic heterocycles. The number of benzene rings is 5. The molecule has 1 aromatic heterocycles. The van der Waals surface area contributed by atoms with Crippen LogP contribution in [-0.2, 0) is 10.8 Å². The molecule has 0 unspecified atom stereocenters. The molecule has 0 fully saturated rings. The van der Waals surface area contributed by atoms with Crippen LogP contribution in [0.15, 0.2) is 108 Å². The topological polar surface area (TPSA) is 31.6 Å². The van der Waals surface area contributed by atoms with Gasteiger partial charge in [-0.15, -0.1) is 0 Å². The lowest BCUT2D eigenvalue weighted by molar-refractivity contribution is 0.403. The molecule has 6 aromatic rings. The van der Waals surface area contributed by atoms with E-state index in [9.17, 15) is 0 Å². The van der Waals surface area contributed by atoms with Gasteiger partial charge in [0.15, 0.2) is 5.75 Å². The minimum Gasteiger partial charge on any atom is -0.466 e. The molecule has 3 nitrogen and oxygen atoms in total. The van der Waals surface area contributed by atoms with E-state index in [0.29, 0.717) is 0 Å². The Labute approximate surface area is 252 Å². The molecular weight excluding hydrogens is 527 g/mol. The van der Waals surface area contributed by atoms with Crippen LogP contribution in [0.3, 0.4) is 0 Å². The van der Waals surface area contributed by atoms with Gasteiger partial charge in [0.1, 0.15) is 28.5 Å². The molecule has 5 aromatic carbocycles. The fourth-order valence-electron chi connectivity index (χ4n) is 8.30. The fourth-order valence-corrected chi connectivity index (χ4v) is 8.30. The Morgan fingerprint density at radius 2 is 1.30 bits per heavy atom. The van der Waals surface area contributed by atoms with Crippen LogP contribution in [0.2, 0.25) is 0 Å². The third-order valence-corrected chi connectivity index (χ3v) is 9.75. The number of rotatable bonds is 2. The maximum absolute atomic E-state index is 6.96. The Bertz CT molecular complexity index is 2100. The molecule has 0 saturated carbocycles. The summed E-state index contributed by atoms with van der Waals surface area (Å²) in [6.07, 6.45) is 1.07. The molecule has 0 bridgehead atoms. The molecule has 0 N–H and O–H groups in total. The van der Waals surface area contributed by atoms with E-state index in [1.807, 2.05) is 12.1 Å². The third-order valence-electron chi connectivity index (χ3n) is 9.75. The summed E-state index contributed by atoms with van der Waals surface area (Å²) < 4.78 is 20.6. The summed E-state index contributed by atoms with van der Waals surface area (Å²) in [7, 11) is 0. The third kappa shape index (κ3) is 3.38. The van der Waals surface area contributed by atoms with E-state index in [2.05, 4.69) is 119 Å². The number of hydrogen-bond donors (Lipinski definition) is 0. The van der Waals surface area contributed by atoms with Crippen LogP contribution in [0.25, 0.3) is 33.2 Å². The number of para-hydroxylation sites is 1. The highest BCUT2D eigenvalue weighted by atomic mass is 16.5.